The average molecular weight is 362 g/mol. The SMILES string of the molecule is Cc1ccc2nc(N3CCCCCC3)nc(Nc3cc(C4CC4)[nH]n3)c2c1. The third-order valence-corrected chi connectivity index (χ3v) is 5.59. The average Bonchev–Trinajstić information content (AvgIpc) is 3.47. The van der Waals surface area contributed by atoms with Gasteiger partial charge in [0.05, 0.1) is 5.52 Å². The summed E-state index contributed by atoms with van der Waals surface area (Å²) in [5.74, 6) is 3.16. The summed E-state index contributed by atoms with van der Waals surface area (Å²) in [4.78, 5) is 12.1. The van der Waals surface area contributed by atoms with Gasteiger partial charge in [0.1, 0.15) is 5.82 Å². The van der Waals surface area contributed by atoms with Crippen molar-refractivity contribution in [2.24, 2.45) is 0 Å². The lowest BCUT2D eigenvalue weighted by molar-refractivity contribution is 0.726. The van der Waals surface area contributed by atoms with E-state index < -0.39 is 0 Å². The van der Waals surface area contributed by atoms with Crippen LogP contribution in [0.2, 0.25) is 0 Å². The number of hydrogen-bond acceptors (Lipinski definition) is 5. The van der Waals surface area contributed by atoms with E-state index in [-0.39, 0.29) is 0 Å². The molecule has 2 N–H and O–H groups in total. The Hall–Kier alpha value is -2.63. The molecular weight excluding hydrogens is 336 g/mol. The molecule has 3 heterocycles. The zero-order valence-corrected chi connectivity index (χ0v) is 15.8. The van der Waals surface area contributed by atoms with Crippen LogP contribution < -0.4 is 10.2 Å². The van der Waals surface area contributed by atoms with Crippen molar-refractivity contribution in [2.45, 2.75) is 51.4 Å². The standard InChI is InChI=1S/C21H26N6/c1-14-6-9-17-16(12-14)20(23-19-13-18(25-26-19)15-7-8-15)24-21(22-17)27-10-4-2-3-5-11-27/h6,9,12-13,15H,2-5,7-8,10-11H2,1H3,(H2,22,23,24,25,26). The Morgan fingerprint density at radius 3 is 2.63 bits per heavy atom. The van der Waals surface area contributed by atoms with Crippen molar-refractivity contribution >= 4 is 28.5 Å². The first-order valence-electron chi connectivity index (χ1n) is 10.1. The van der Waals surface area contributed by atoms with E-state index in [2.05, 4.69) is 51.6 Å². The molecule has 2 aliphatic rings. The van der Waals surface area contributed by atoms with Crippen molar-refractivity contribution in [3.63, 3.8) is 0 Å². The van der Waals surface area contributed by atoms with Gasteiger partial charge in [0.2, 0.25) is 5.95 Å². The van der Waals surface area contributed by atoms with Crippen molar-refractivity contribution < 1.29 is 0 Å². The van der Waals surface area contributed by atoms with Gasteiger partial charge in [-0.15, -0.1) is 0 Å². The summed E-state index contributed by atoms with van der Waals surface area (Å²) in [6.45, 7) is 4.17. The number of fused-ring (bicyclic) bond motifs is 1. The van der Waals surface area contributed by atoms with Gasteiger partial charge in [-0.1, -0.05) is 24.5 Å². The monoisotopic (exact) mass is 362 g/mol. The van der Waals surface area contributed by atoms with Crippen molar-refractivity contribution in [2.75, 3.05) is 23.3 Å². The second-order valence-corrected chi connectivity index (χ2v) is 7.90. The zero-order valence-electron chi connectivity index (χ0n) is 15.8. The van der Waals surface area contributed by atoms with Crippen LogP contribution in [0.3, 0.4) is 0 Å². The molecule has 1 saturated heterocycles. The van der Waals surface area contributed by atoms with Crippen LogP contribution in [0, 0.1) is 6.92 Å². The minimum Gasteiger partial charge on any atom is -0.341 e. The molecule has 3 aromatic rings. The molecule has 0 unspecified atom stereocenters. The van der Waals surface area contributed by atoms with Crippen molar-refractivity contribution in [3.05, 3.63) is 35.5 Å². The number of nitrogens with zero attached hydrogens (tertiary/aromatic N) is 4. The number of aryl methyl sites for hydroxylation is 1. The number of rotatable bonds is 4. The summed E-state index contributed by atoms with van der Waals surface area (Å²) >= 11 is 0. The van der Waals surface area contributed by atoms with Gasteiger partial charge in [-0.2, -0.15) is 10.1 Å². The molecule has 0 spiro atoms. The molecule has 2 aromatic heterocycles. The molecule has 0 radical (unpaired) electrons. The van der Waals surface area contributed by atoms with Crippen molar-refractivity contribution in [1.82, 2.24) is 20.2 Å². The molecule has 140 valence electrons. The second-order valence-electron chi connectivity index (χ2n) is 7.90. The zero-order chi connectivity index (χ0) is 18.2. The van der Waals surface area contributed by atoms with Crippen LogP contribution in [0.1, 0.15) is 55.7 Å². The summed E-state index contributed by atoms with van der Waals surface area (Å²) < 4.78 is 0. The lowest BCUT2D eigenvalue weighted by Gasteiger charge is -2.21. The Morgan fingerprint density at radius 2 is 1.85 bits per heavy atom. The Labute approximate surface area is 159 Å². The predicted molar refractivity (Wildman–Crippen MR) is 109 cm³/mol. The maximum atomic E-state index is 4.92. The maximum absolute atomic E-state index is 4.92. The van der Waals surface area contributed by atoms with Crippen molar-refractivity contribution in [1.29, 1.82) is 0 Å². The first-order valence-corrected chi connectivity index (χ1v) is 10.1. The summed E-state index contributed by atoms with van der Waals surface area (Å²) in [6, 6.07) is 8.48. The predicted octanol–water partition coefficient (Wildman–Crippen LogP) is 4.66. The number of H-pyrrole nitrogens is 1. The molecule has 5 rings (SSSR count). The van der Waals surface area contributed by atoms with Gasteiger partial charge in [0, 0.05) is 36.2 Å². The normalized spacial score (nSPS) is 17.9. The molecule has 6 nitrogen and oxygen atoms in total. The smallest absolute Gasteiger partial charge is 0.227 e. The molecule has 0 bridgehead atoms. The highest BCUT2D eigenvalue weighted by atomic mass is 15.3. The van der Waals surface area contributed by atoms with E-state index in [0.717, 1.165) is 41.6 Å². The van der Waals surface area contributed by atoms with Crippen LogP contribution >= 0.6 is 0 Å². The topological polar surface area (TPSA) is 69.7 Å². The van der Waals surface area contributed by atoms with Gasteiger partial charge in [-0.25, -0.2) is 4.98 Å². The fraction of sp³-hybridized carbons (Fsp3) is 0.476. The quantitative estimate of drug-likeness (QED) is 0.706. The van der Waals surface area contributed by atoms with Crippen LogP contribution in [0.4, 0.5) is 17.6 Å². The van der Waals surface area contributed by atoms with Crippen LogP contribution in [0.25, 0.3) is 10.9 Å². The molecule has 1 aliphatic heterocycles. The molecule has 1 saturated carbocycles. The second kappa shape index (κ2) is 6.83. The Morgan fingerprint density at radius 1 is 1.04 bits per heavy atom. The number of nitrogens with one attached hydrogen (secondary N) is 2. The highest BCUT2D eigenvalue weighted by Crippen LogP contribution is 2.40. The minimum absolute atomic E-state index is 0.657. The third kappa shape index (κ3) is 3.48. The van der Waals surface area contributed by atoms with E-state index in [0.29, 0.717) is 5.92 Å². The fourth-order valence-corrected chi connectivity index (χ4v) is 3.86. The Bertz CT molecular complexity index is 950. The highest BCUT2D eigenvalue weighted by Gasteiger charge is 2.25. The Balaban J connectivity index is 1.53. The minimum atomic E-state index is 0.657. The van der Waals surface area contributed by atoms with Gasteiger partial charge >= 0.3 is 0 Å². The lowest BCUT2D eigenvalue weighted by atomic mass is 10.1. The van der Waals surface area contributed by atoms with E-state index >= 15 is 0 Å². The van der Waals surface area contributed by atoms with Crippen LogP contribution in [0.15, 0.2) is 24.3 Å². The Kier molecular flexibility index (Phi) is 4.19. The van der Waals surface area contributed by atoms with Gasteiger partial charge in [-0.05, 0) is 44.7 Å². The molecule has 0 amide bonds. The van der Waals surface area contributed by atoms with Gasteiger partial charge in [0.15, 0.2) is 5.82 Å². The van der Waals surface area contributed by atoms with E-state index in [1.165, 1.54) is 49.8 Å². The molecule has 6 heteroatoms. The largest absolute Gasteiger partial charge is 0.341 e. The summed E-state index contributed by atoms with van der Waals surface area (Å²) in [6.07, 6.45) is 7.54. The molecule has 27 heavy (non-hydrogen) atoms. The van der Waals surface area contributed by atoms with Gasteiger partial charge in [0.25, 0.3) is 0 Å². The van der Waals surface area contributed by atoms with Gasteiger partial charge in [-0.3, -0.25) is 5.10 Å². The number of benzene rings is 1. The lowest BCUT2D eigenvalue weighted by Crippen LogP contribution is -2.26. The number of aromatic nitrogens is 4. The molecule has 0 atom stereocenters. The molecule has 1 aliphatic carbocycles. The summed E-state index contributed by atoms with van der Waals surface area (Å²) in [5, 5.41) is 12.1. The highest BCUT2D eigenvalue weighted by molar-refractivity contribution is 5.92. The van der Waals surface area contributed by atoms with Gasteiger partial charge < -0.3 is 10.2 Å². The maximum Gasteiger partial charge on any atom is 0.227 e. The summed E-state index contributed by atoms with van der Waals surface area (Å²) in [7, 11) is 0. The first-order chi connectivity index (χ1) is 13.3. The third-order valence-electron chi connectivity index (χ3n) is 5.59. The fourth-order valence-electron chi connectivity index (χ4n) is 3.86. The van der Waals surface area contributed by atoms with E-state index in [4.69, 9.17) is 9.97 Å². The van der Waals surface area contributed by atoms with Crippen LogP contribution in [-0.2, 0) is 0 Å². The van der Waals surface area contributed by atoms with Crippen LogP contribution in [-0.4, -0.2) is 33.3 Å². The molecular formula is C21H26N6. The van der Waals surface area contributed by atoms with Crippen LogP contribution in [0.5, 0.6) is 0 Å². The first kappa shape index (κ1) is 16.5. The van der Waals surface area contributed by atoms with E-state index in [1.807, 2.05) is 0 Å². The molecule has 2 fully saturated rings. The number of aromatic amines is 1. The molecule has 1 aromatic carbocycles. The van der Waals surface area contributed by atoms with E-state index in [1.54, 1.807) is 0 Å². The van der Waals surface area contributed by atoms with Crippen molar-refractivity contribution in [3.8, 4) is 0 Å². The van der Waals surface area contributed by atoms with E-state index in [9.17, 15) is 0 Å². The number of hydrogen-bond donors (Lipinski definition) is 2. The number of anilines is 3. The summed E-state index contributed by atoms with van der Waals surface area (Å²) in [5.41, 5.74) is 3.41.